The summed E-state index contributed by atoms with van der Waals surface area (Å²) in [5.74, 6) is -0.378. The minimum absolute atomic E-state index is 0.154. The average Bonchev–Trinajstić information content (AvgIpc) is 2.84. The number of carbonyl (C=O) groups excluding carboxylic acids is 1. The van der Waals surface area contributed by atoms with Gasteiger partial charge >= 0.3 is 0 Å². The van der Waals surface area contributed by atoms with Gasteiger partial charge in [-0.15, -0.1) is 0 Å². The van der Waals surface area contributed by atoms with Crippen LogP contribution in [0.5, 0.6) is 0 Å². The Labute approximate surface area is 109 Å². The van der Waals surface area contributed by atoms with Crippen LogP contribution in [0.1, 0.15) is 16.5 Å². The quantitative estimate of drug-likeness (QED) is 0.788. The molecule has 1 heterocycles. The SMILES string of the molecule is NCC(CO)n1nc(-c2cccc(F)c2)cc1C=O. The molecule has 0 bridgehead atoms. The Morgan fingerprint density at radius 2 is 2.26 bits per heavy atom. The van der Waals surface area contributed by atoms with Crippen LogP contribution in [0.3, 0.4) is 0 Å². The number of hydrogen-bond donors (Lipinski definition) is 2. The van der Waals surface area contributed by atoms with Crippen molar-refractivity contribution in [2.45, 2.75) is 6.04 Å². The Balaban J connectivity index is 2.46. The number of nitrogens with zero attached hydrogens (tertiary/aromatic N) is 2. The van der Waals surface area contributed by atoms with Crippen LogP contribution in [0, 0.1) is 5.82 Å². The summed E-state index contributed by atoms with van der Waals surface area (Å²) in [6.45, 7) is -0.0662. The maximum Gasteiger partial charge on any atom is 0.168 e. The van der Waals surface area contributed by atoms with E-state index in [1.165, 1.54) is 16.8 Å². The summed E-state index contributed by atoms with van der Waals surface area (Å²) in [6, 6.07) is 7.00. The Bertz CT molecular complexity index is 579. The maximum atomic E-state index is 13.2. The zero-order valence-corrected chi connectivity index (χ0v) is 10.2. The van der Waals surface area contributed by atoms with Crippen LogP contribution in [0.4, 0.5) is 4.39 Å². The van der Waals surface area contributed by atoms with Crippen molar-refractivity contribution < 1.29 is 14.3 Å². The van der Waals surface area contributed by atoms with Gasteiger partial charge in [-0.3, -0.25) is 9.48 Å². The van der Waals surface area contributed by atoms with Gasteiger partial charge in [-0.2, -0.15) is 5.10 Å². The molecule has 0 spiro atoms. The monoisotopic (exact) mass is 263 g/mol. The van der Waals surface area contributed by atoms with Crippen LogP contribution in [0.25, 0.3) is 11.3 Å². The van der Waals surface area contributed by atoms with Crippen molar-refractivity contribution in [1.82, 2.24) is 9.78 Å². The van der Waals surface area contributed by atoms with E-state index in [0.717, 1.165) is 0 Å². The lowest BCUT2D eigenvalue weighted by Crippen LogP contribution is -2.25. The molecule has 0 fully saturated rings. The van der Waals surface area contributed by atoms with E-state index in [9.17, 15) is 14.3 Å². The van der Waals surface area contributed by atoms with E-state index in [4.69, 9.17) is 5.73 Å². The highest BCUT2D eigenvalue weighted by Gasteiger charge is 2.16. The summed E-state index contributed by atoms with van der Waals surface area (Å²) in [5.41, 5.74) is 6.84. The third-order valence-corrected chi connectivity index (χ3v) is 2.83. The first-order valence-electron chi connectivity index (χ1n) is 5.81. The van der Waals surface area contributed by atoms with Crippen LogP contribution in [0.15, 0.2) is 30.3 Å². The van der Waals surface area contributed by atoms with Crippen molar-refractivity contribution in [3.8, 4) is 11.3 Å². The largest absolute Gasteiger partial charge is 0.394 e. The molecule has 0 aliphatic carbocycles. The van der Waals surface area contributed by atoms with E-state index in [-0.39, 0.29) is 19.0 Å². The Hall–Kier alpha value is -2.05. The molecule has 6 heteroatoms. The summed E-state index contributed by atoms with van der Waals surface area (Å²) < 4.78 is 14.5. The molecule has 2 aromatic rings. The minimum atomic E-state index is -0.470. The lowest BCUT2D eigenvalue weighted by Gasteiger charge is -2.13. The van der Waals surface area contributed by atoms with Gasteiger partial charge in [-0.05, 0) is 18.2 Å². The van der Waals surface area contributed by atoms with Crippen molar-refractivity contribution in [2.24, 2.45) is 5.73 Å². The molecule has 3 N–H and O–H groups in total. The molecule has 0 aliphatic heterocycles. The molecule has 0 amide bonds. The topological polar surface area (TPSA) is 81.1 Å². The van der Waals surface area contributed by atoms with Crippen molar-refractivity contribution in [2.75, 3.05) is 13.2 Å². The van der Waals surface area contributed by atoms with Crippen LogP contribution >= 0.6 is 0 Å². The van der Waals surface area contributed by atoms with Crippen molar-refractivity contribution >= 4 is 6.29 Å². The van der Waals surface area contributed by atoms with Gasteiger partial charge in [0.2, 0.25) is 0 Å². The fraction of sp³-hybridized carbons (Fsp3) is 0.231. The number of carbonyl (C=O) groups is 1. The first-order valence-corrected chi connectivity index (χ1v) is 5.81. The van der Waals surface area contributed by atoms with Crippen molar-refractivity contribution in [3.05, 3.63) is 41.8 Å². The van der Waals surface area contributed by atoms with Gasteiger partial charge < -0.3 is 10.8 Å². The second kappa shape index (κ2) is 5.73. The number of aliphatic hydroxyl groups is 1. The molecule has 5 nitrogen and oxygen atoms in total. The van der Waals surface area contributed by atoms with Crippen LogP contribution in [-0.4, -0.2) is 34.3 Å². The van der Waals surface area contributed by atoms with Crippen LogP contribution in [0.2, 0.25) is 0 Å². The molecule has 0 saturated carbocycles. The Morgan fingerprint density at radius 3 is 2.84 bits per heavy atom. The van der Waals surface area contributed by atoms with Gasteiger partial charge in [0.1, 0.15) is 11.5 Å². The number of hydrogen-bond acceptors (Lipinski definition) is 4. The fourth-order valence-corrected chi connectivity index (χ4v) is 1.83. The molecule has 0 aliphatic rings. The number of benzene rings is 1. The number of aromatic nitrogens is 2. The van der Waals surface area contributed by atoms with E-state index in [2.05, 4.69) is 5.10 Å². The zero-order chi connectivity index (χ0) is 13.8. The van der Waals surface area contributed by atoms with E-state index >= 15 is 0 Å². The average molecular weight is 263 g/mol. The third-order valence-electron chi connectivity index (χ3n) is 2.83. The Kier molecular flexibility index (Phi) is 4.03. The van der Waals surface area contributed by atoms with E-state index in [1.54, 1.807) is 18.2 Å². The van der Waals surface area contributed by atoms with Gasteiger partial charge in [-0.1, -0.05) is 12.1 Å². The highest BCUT2D eigenvalue weighted by molar-refractivity contribution is 5.76. The predicted molar refractivity (Wildman–Crippen MR) is 68.2 cm³/mol. The van der Waals surface area contributed by atoms with Gasteiger partial charge in [0.25, 0.3) is 0 Å². The van der Waals surface area contributed by atoms with Crippen LogP contribution in [-0.2, 0) is 0 Å². The number of rotatable bonds is 5. The molecular formula is C13H14FN3O2. The van der Waals surface area contributed by atoms with Gasteiger partial charge in [0.15, 0.2) is 6.29 Å². The second-order valence-electron chi connectivity index (χ2n) is 4.10. The number of aliphatic hydroxyl groups excluding tert-OH is 1. The molecule has 1 aromatic carbocycles. The standard InChI is InChI=1S/C13H14FN3O2/c14-10-3-1-2-9(4-10)13-5-11(7-18)17(16-13)12(6-15)8-19/h1-5,7,12,19H,6,8,15H2. The normalized spacial score (nSPS) is 12.4. The Morgan fingerprint density at radius 1 is 1.47 bits per heavy atom. The van der Waals surface area contributed by atoms with Gasteiger partial charge in [0.05, 0.1) is 18.3 Å². The zero-order valence-electron chi connectivity index (χ0n) is 10.2. The van der Waals surface area contributed by atoms with Gasteiger partial charge in [0, 0.05) is 12.1 Å². The van der Waals surface area contributed by atoms with E-state index < -0.39 is 6.04 Å². The smallest absolute Gasteiger partial charge is 0.168 e. The molecule has 1 unspecified atom stereocenters. The van der Waals surface area contributed by atoms with Crippen molar-refractivity contribution in [3.63, 3.8) is 0 Å². The minimum Gasteiger partial charge on any atom is -0.394 e. The van der Waals surface area contributed by atoms with Crippen LogP contribution < -0.4 is 5.73 Å². The lowest BCUT2D eigenvalue weighted by molar-refractivity contribution is 0.110. The summed E-state index contributed by atoms with van der Waals surface area (Å²) in [5, 5.41) is 13.4. The fourth-order valence-electron chi connectivity index (χ4n) is 1.83. The van der Waals surface area contributed by atoms with Gasteiger partial charge in [-0.25, -0.2) is 4.39 Å². The third kappa shape index (κ3) is 2.69. The predicted octanol–water partition coefficient (Wildman–Crippen LogP) is 0.994. The van der Waals surface area contributed by atoms with E-state index in [1.807, 2.05) is 0 Å². The lowest BCUT2D eigenvalue weighted by atomic mass is 10.1. The summed E-state index contributed by atoms with van der Waals surface area (Å²) in [7, 11) is 0. The number of nitrogens with two attached hydrogens (primary N) is 1. The highest BCUT2D eigenvalue weighted by atomic mass is 19.1. The molecule has 2 rings (SSSR count). The molecule has 1 atom stereocenters. The summed E-state index contributed by atoms with van der Waals surface area (Å²) in [4.78, 5) is 11.0. The summed E-state index contributed by atoms with van der Waals surface area (Å²) >= 11 is 0. The van der Waals surface area contributed by atoms with E-state index in [0.29, 0.717) is 23.2 Å². The number of aldehydes is 1. The molecule has 0 saturated heterocycles. The maximum absolute atomic E-state index is 13.2. The summed E-state index contributed by atoms with van der Waals surface area (Å²) in [6.07, 6.45) is 0.633. The second-order valence-corrected chi connectivity index (χ2v) is 4.10. The highest BCUT2D eigenvalue weighted by Crippen LogP contribution is 2.21. The van der Waals surface area contributed by atoms with Crippen molar-refractivity contribution in [1.29, 1.82) is 0 Å². The molecule has 100 valence electrons. The molecular weight excluding hydrogens is 249 g/mol. The molecule has 1 aromatic heterocycles. The molecule has 19 heavy (non-hydrogen) atoms. The molecule has 0 radical (unpaired) electrons. The number of halogens is 1. The first-order chi connectivity index (χ1) is 9.19. The first kappa shape index (κ1) is 13.4.